The molecule has 2 aliphatic rings. The van der Waals surface area contributed by atoms with Gasteiger partial charge in [-0.3, -0.25) is 9.59 Å². The molecule has 2 heterocycles. The second-order valence-electron chi connectivity index (χ2n) is 7.19. The molecule has 1 spiro atoms. The number of aliphatic hydroxyl groups is 1. The minimum absolute atomic E-state index is 0.0534. The Balaban J connectivity index is 1.48. The molecule has 0 radical (unpaired) electrons. The molecule has 1 aromatic carbocycles. The zero-order chi connectivity index (χ0) is 18.4. The van der Waals surface area contributed by atoms with E-state index in [-0.39, 0.29) is 36.9 Å². The SMILES string of the molecule is O=C1CC(CCC(=O)NCc2ccccc2)OC2(CCCC(CO)O2)C1. The Morgan fingerprint density at radius 1 is 1.23 bits per heavy atom. The summed E-state index contributed by atoms with van der Waals surface area (Å²) in [5.74, 6) is -0.863. The maximum atomic E-state index is 12.2. The molecular formula is C20H27NO5. The number of aliphatic hydroxyl groups excluding tert-OH is 1. The first kappa shape index (κ1) is 19.0. The summed E-state index contributed by atoms with van der Waals surface area (Å²) < 4.78 is 12.0. The first-order valence-electron chi connectivity index (χ1n) is 9.37. The number of ether oxygens (including phenoxy) is 2. The van der Waals surface area contributed by atoms with Crippen LogP contribution in [0, 0.1) is 0 Å². The van der Waals surface area contributed by atoms with E-state index in [0.717, 1.165) is 18.4 Å². The molecule has 1 aromatic rings. The summed E-state index contributed by atoms with van der Waals surface area (Å²) in [6.45, 7) is 0.432. The van der Waals surface area contributed by atoms with Crippen LogP contribution in [0.15, 0.2) is 30.3 Å². The highest BCUT2D eigenvalue weighted by molar-refractivity contribution is 5.81. The molecule has 2 fully saturated rings. The van der Waals surface area contributed by atoms with Crippen LogP contribution in [0.4, 0.5) is 0 Å². The zero-order valence-electron chi connectivity index (χ0n) is 15.0. The summed E-state index contributed by atoms with van der Waals surface area (Å²) >= 11 is 0. The predicted octanol–water partition coefficient (Wildman–Crippen LogP) is 2.09. The molecule has 3 unspecified atom stereocenters. The fraction of sp³-hybridized carbons (Fsp3) is 0.600. The van der Waals surface area contributed by atoms with Crippen LogP contribution in [0.1, 0.15) is 50.5 Å². The van der Waals surface area contributed by atoms with Gasteiger partial charge in [0.05, 0.1) is 25.2 Å². The molecule has 0 aromatic heterocycles. The Hall–Kier alpha value is -1.76. The van der Waals surface area contributed by atoms with Crippen LogP contribution in [-0.4, -0.2) is 41.4 Å². The molecule has 6 nitrogen and oxygen atoms in total. The topological polar surface area (TPSA) is 84.9 Å². The molecule has 0 bridgehead atoms. The second kappa shape index (κ2) is 8.75. The van der Waals surface area contributed by atoms with Crippen molar-refractivity contribution >= 4 is 11.7 Å². The molecule has 0 aliphatic carbocycles. The van der Waals surface area contributed by atoms with Crippen molar-refractivity contribution in [3.8, 4) is 0 Å². The molecule has 2 aliphatic heterocycles. The van der Waals surface area contributed by atoms with Gasteiger partial charge in [0.2, 0.25) is 5.91 Å². The first-order valence-corrected chi connectivity index (χ1v) is 9.37. The van der Waals surface area contributed by atoms with Gasteiger partial charge >= 0.3 is 0 Å². The standard InChI is InChI=1S/C20H27NO5/c22-14-18-7-4-10-20(26-18)12-16(23)11-17(25-20)8-9-19(24)21-13-15-5-2-1-3-6-15/h1-3,5-6,17-18,22H,4,7-14H2,(H,21,24). The van der Waals surface area contributed by atoms with Crippen LogP contribution in [0.3, 0.4) is 0 Å². The highest BCUT2D eigenvalue weighted by Gasteiger charge is 2.45. The van der Waals surface area contributed by atoms with Crippen LogP contribution >= 0.6 is 0 Å². The maximum Gasteiger partial charge on any atom is 0.220 e. The summed E-state index contributed by atoms with van der Waals surface area (Å²) in [5, 5.41) is 12.2. The number of hydrogen-bond donors (Lipinski definition) is 2. The summed E-state index contributed by atoms with van der Waals surface area (Å²) in [4.78, 5) is 24.3. The Morgan fingerprint density at radius 2 is 2.00 bits per heavy atom. The van der Waals surface area contributed by atoms with Crippen molar-refractivity contribution in [2.75, 3.05) is 6.61 Å². The molecule has 3 rings (SSSR count). The molecule has 6 heteroatoms. The van der Waals surface area contributed by atoms with E-state index in [4.69, 9.17) is 9.47 Å². The van der Waals surface area contributed by atoms with Gasteiger partial charge in [0.15, 0.2) is 5.79 Å². The highest BCUT2D eigenvalue weighted by atomic mass is 16.7. The summed E-state index contributed by atoms with van der Waals surface area (Å²) in [7, 11) is 0. The van der Waals surface area contributed by atoms with E-state index in [1.54, 1.807) is 0 Å². The predicted molar refractivity (Wildman–Crippen MR) is 95.2 cm³/mol. The lowest BCUT2D eigenvalue weighted by atomic mass is 9.91. The molecule has 2 N–H and O–H groups in total. The van der Waals surface area contributed by atoms with E-state index in [1.807, 2.05) is 30.3 Å². The summed E-state index contributed by atoms with van der Waals surface area (Å²) in [6.07, 6.45) is 3.07. The van der Waals surface area contributed by atoms with Crippen LogP contribution < -0.4 is 5.32 Å². The highest BCUT2D eigenvalue weighted by Crippen LogP contribution is 2.38. The van der Waals surface area contributed by atoms with Crippen molar-refractivity contribution in [2.45, 2.75) is 69.5 Å². The van der Waals surface area contributed by atoms with Gasteiger partial charge in [0, 0.05) is 25.8 Å². The number of nitrogens with one attached hydrogen (secondary N) is 1. The molecule has 0 saturated carbocycles. The Morgan fingerprint density at radius 3 is 2.77 bits per heavy atom. The molecule has 26 heavy (non-hydrogen) atoms. The third-order valence-electron chi connectivity index (χ3n) is 5.00. The van der Waals surface area contributed by atoms with E-state index in [1.165, 1.54) is 0 Å². The monoisotopic (exact) mass is 361 g/mol. The van der Waals surface area contributed by atoms with Gasteiger partial charge in [0.25, 0.3) is 0 Å². The smallest absolute Gasteiger partial charge is 0.220 e. The average Bonchev–Trinajstić information content (AvgIpc) is 2.65. The Labute approximate surface area is 153 Å². The minimum Gasteiger partial charge on any atom is -0.394 e. The first-order chi connectivity index (χ1) is 12.6. The lowest BCUT2D eigenvalue weighted by Crippen LogP contribution is -2.51. The van der Waals surface area contributed by atoms with Crippen LogP contribution in [0.25, 0.3) is 0 Å². The summed E-state index contributed by atoms with van der Waals surface area (Å²) in [6, 6.07) is 9.74. The third-order valence-corrected chi connectivity index (χ3v) is 5.00. The van der Waals surface area contributed by atoms with E-state index < -0.39 is 5.79 Å². The van der Waals surface area contributed by atoms with Crippen molar-refractivity contribution < 1.29 is 24.2 Å². The third kappa shape index (κ3) is 5.13. The van der Waals surface area contributed by atoms with Gasteiger partial charge in [-0.1, -0.05) is 30.3 Å². The van der Waals surface area contributed by atoms with E-state index >= 15 is 0 Å². The van der Waals surface area contributed by atoms with Gasteiger partial charge in [-0.2, -0.15) is 0 Å². The van der Waals surface area contributed by atoms with Gasteiger partial charge in [-0.05, 0) is 24.8 Å². The van der Waals surface area contributed by atoms with Gasteiger partial charge in [-0.15, -0.1) is 0 Å². The minimum atomic E-state index is -0.911. The van der Waals surface area contributed by atoms with Crippen molar-refractivity contribution in [3.05, 3.63) is 35.9 Å². The lowest BCUT2D eigenvalue weighted by molar-refractivity contribution is -0.309. The number of rotatable bonds is 6. The van der Waals surface area contributed by atoms with Crippen molar-refractivity contribution in [1.82, 2.24) is 5.32 Å². The van der Waals surface area contributed by atoms with Crippen LogP contribution in [-0.2, 0) is 25.6 Å². The number of Topliss-reactive ketones (excluding diaryl/α,β-unsaturated/α-hetero) is 1. The van der Waals surface area contributed by atoms with Crippen molar-refractivity contribution in [2.24, 2.45) is 0 Å². The molecule has 3 atom stereocenters. The average molecular weight is 361 g/mol. The Bertz CT molecular complexity index is 620. The summed E-state index contributed by atoms with van der Waals surface area (Å²) in [5.41, 5.74) is 1.05. The number of hydrogen-bond acceptors (Lipinski definition) is 5. The number of amides is 1. The molecule has 1 amide bonds. The maximum absolute atomic E-state index is 12.2. The fourth-order valence-electron chi connectivity index (χ4n) is 3.72. The van der Waals surface area contributed by atoms with Crippen LogP contribution in [0.5, 0.6) is 0 Å². The van der Waals surface area contributed by atoms with Gasteiger partial charge in [-0.25, -0.2) is 0 Å². The number of carbonyl (C=O) groups excluding carboxylic acids is 2. The quantitative estimate of drug-likeness (QED) is 0.810. The van der Waals surface area contributed by atoms with Crippen molar-refractivity contribution in [1.29, 1.82) is 0 Å². The van der Waals surface area contributed by atoms with E-state index in [0.29, 0.717) is 32.2 Å². The van der Waals surface area contributed by atoms with E-state index in [2.05, 4.69) is 5.32 Å². The second-order valence-corrected chi connectivity index (χ2v) is 7.19. The largest absolute Gasteiger partial charge is 0.394 e. The van der Waals surface area contributed by atoms with Crippen LogP contribution in [0.2, 0.25) is 0 Å². The molecule has 142 valence electrons. The number of ketones is 1. The Kier molecular flexibility index (Phi) is 6.40. The fourth-order valence-corrected chi connectivity index (χ4v) is 3.72. The number of carbonyl (C=O) groups is 2. The molecule has 2 saturated heterocycles. The van der Waals surface area contributed by atoms with Gasteiger partial charge < -0.3 is 19.9 Å². The normalized spacial score (nSPS) is 28.9. The lowest BCUT2D eigenvalue weighted by Gasteiger charge is -2.45. The zero-order valence-corrected chi connectivity index (χ0v) is 15.0. The van der Waals surface area contributed by atoms with Gasteiger partial charge in [0.1, 0.15) is 5.78 Å². The number of benzene rings is 1. The van der Waals surface area contributed by atoms with Crippen molar-refractivity contribution in [3.63, 3.8) is 0 Å². The van der Waals surface area contributed by atoms with E-state index in [9.17, 15) is 14.7 Å². The molecular weight excluding hydrogens is 334 g/mol.